The molecule has 3 N–H and O–H groups in total. The molecule has 2 aromatic rings. The molecule has 0 aliphatic carbocycles. The molecule has 18 heavy (non-hydrogen) atoms. The minimum absolute atomic E-state index is 0.00538. The van der Waals surface area contributed by atoms with Crippen LogP contribution >= 0.6 is 15.9 Å². The maximum atomic E-state index is 7.56. The number of amidine groups is 1. The summed E-state index contributed by atoms with van der Waals surface area (Å²) in [6, 6.07) is 13.1. The molecule has 0 aliphatic heterocycles. The maximum absolute atomic E-state index is 7.56. The zero-order valence-corrected chi connectivity index (χ0v) is 11.5. The normalized spacial score (nSPS) is 10.1. The van der Waals surface area contributed by atoms with E-state index in [1.807, 2.05) is 43.3 Å². The van der Waals surface area contributed by atoms with Crippen molar-refractivity contribution >= 4 is 21.8 Å². The van der Waals surface area contributed by atoms with Crippen molar-refractivity contribution in [1.82, 2.24) is 0 Å². The third-order valence-electron chi connectivity index (χ3n) is 2.54. The van der Waals surface area contributed by atoms with Crippen LogP contribution in [0.3, 0.4) is 0 Å². The van der Waals surface area contributed by atoms with E-state index in [1.54, 1.807) is 6.07 Å². The Bertz CT molecular complexity index is 579. The lowest BCUT2D eigenvalue weighted by atomic mass is 10.1. The van der Waals surface area contributed by atoms with Crippen LogP contribution in [0.4, 0.5) is 0 Å². The van der Waals surface area contributed by atoms with Crippen LogP contribution in [0.1, 0.15) is 11.1 Å². The van der Waals surface area contributed by atoms with Crippen LogP contribution in [0.5, 0.6) is 11.5 Å². The Morgan fingerprint density at radius 3 is 2.44 bits per heavy atom. The molecule has 0 fully saturated rings. The van der Waals surface area contributed by atoms with E-state index in [0.717, 1.165) is 15.8 Å². The molecule has 0 radical (unpaired) electrons. The van der Waals surface area contributed by atoms with Gasteiger partial charge in [0, 0.05) is 4.47 Å². The number of para-hydroxylation sites is 1. The van der Waals surface area contributed by atoms with Gasteiger partial charge in [0.05, 0.1) is 5.56 Å². The van der Waals surface area contributed by atoms with Crippen molar-refractivity contribution in [3.8, 4) is 11.5 Å². The third kappa shape index (κ3) is 2.71. The topological polar surface area (TPSA) is 59.1 Å². The van der Waals surface area contributed by atoms with Gasteiger partial charge in [-0.15, -0.1) is 0 Å². The standard InChI is InChI=1S/C14H13BrN2O/c1-9-3-2-4-12(14(16)17)13(9)18-11-7-5-10(15)6-8-11/h2-8H,1H3,(H3,16,17). The van der Waals surface area contributed by atoms with E-state index in [0.29, 0.717) is 11.3 Å². The fourth-order valence-electron chi connectivity index (χ4n) is 1.62. The van der Waals surface area contributed by atoms with Gasteiger partial charge >= 0.3 is 0 Å². The fraction of sp³-hybridized carbons (Fsp3) is 0.0714. The molecule has 0 atom stereocenters. The average Bonchev–Trinajstić information content (AvgIpc) is 2.34. The lowest BCUT2D eigenvalue weighted by molar-refractivity contribution is 0.477. The number of halogens is 1. The van der Waals surface area contributed by atoms with Gasteiger partial charge in [-0.05, 0) is 42.8 Å². The molecule has 0 bridgehead atoms. The SMILES string of the molecule is Cc1cccc(C(=N)N)c1Oc1ccc(Br)cc1. The molecule has 0 heterocycles. The number of benzene rings is 2. The Hall–Kier alpha value is -1.81. The van der Waals surface area contributed by atoms with E-state index in [2.05, 4.69) is 15.9 Å². The molecule has 0 unspecified atom stereocenters. The molecule has 2 rings (SSSR count). The first kappa shape index (κ1) is 12.6. The van der Waals surface area contributed by atoms with Crippen molar-refractivity contribution in [1.29, 1.82) is 5.41 Å². The van der Waals surface area contributed by atoms with Gasteiger partial charge in [-0.2, -0.15) is 0 Å². The number of nitrogen functional groups attached to an aromatic ring is 1. The summed E-state index contributed by atoms with van der Waals surface area (Å²) in [7, 11) is 0. The predicted molar refractivity (Wildman–Crippen MR) is 76.4 cm³/mol. The van der Waals surface area contributed by atoms with Gasteiger partial charge in [0.25, 0.3) is 0 Å². The summed E-state index contributed by atoms with van der Waals surface area (Å²) in [4.78, 5) is 0. The number of hydrogen-bond acceptors (Lipinski definition) is 2. The van der Waals surface area contributed by atoms with Crippen molar-refractivity contribution in [2.75, 3.05) is 0 Å². The van der Waals surface area contributed by atoms with Crippen molar-refractivity contribution < 1.29 is 4.74 Å². The molecule has 2 aromatic carbocycles. The first-order valence-electron chi connectivity index (χ1n) is 5.45. The summed E-state index contributed by atoms with van der Waals surface area (Å²) in [5, 5.41) is 7.56. The lowest BCUT2D eigenvalue weighted by Gasteiger charge is -2.13. The highest BCUT2D eigenvalue weighted by Gasteiger charge is 2.10. The largest absolute Gasteiger partial charge is 0.456 e. The van der Waals surface area contributed by atoms with Gasteiger partial charge in [0.15, 0.2) is 0 Å². The minimum Gasteiger partial charge on any atom is -0.456 e. The first-order valence-corrected chi connectivity index (χ1v) is 6.24. The molecule has 92 valence electrons. The summed E-state index contributed by atoms with van der Waals surface area (Å²) in [6.45, 7) is 1.93. The quantitative estimate of drug-likeness (QED) is 0.668. The van der Waals surface area contributed by atoms with Crippen LogP contribution < -0.4 is 10.5 Å². The van der Waals surface area contributed by atoms with Crippen molar-refractivity contribution in [3.05, 3.63) is 58.1 Å². The van der Waals surface area contributed by atoms with Crippen LogP contribution in [-0.4, -0.2) is 5.84 Å². The van der Waals surface area contributed by atoms with Crippen molar-refractivity contribution in [2.45, 2.75) is 6.92 Å². The number of nitrogens with two attached hydrogens (primary N) is 1. The van der Waals surface area contributed by atoms with E-state index in [9.17, 15) is 0 Å². The summed E-state index contributed by atoms with van der Waals surface area (Å²) in [6.07, 6.45) is 0. The highest BCUT2D eigenvalue weighted by atomic mass is 79.9. The van der Waals surface area contributed by atoms with Gasteiger partial charge in [0.2, 0.25) is 0 Å². The number of hydrogen-bond donors (Lipinski definition) is 2. The van der Waals surface area contributed by atoms with Crippen LogP contribution in [-0.2, 0) is 0 Å². The number of ether oxygens (including phenoxy) is 1. The monoisotopic (exact) mass is 304 g/mol. The van der Waals surface area contributed by atoms with Gasteiger partial charge in [-0.25, -0.2) is 0 Å². The Morgan fingerprint density at radius 2 is 1.83 bits per heavy atom. The van der Waals surface area contributed by atoms with Gasteiger partial charge in [-0.3, -0.25) is 5.41 Å². The summed E-state index contributed by atoms with van der Waals surface area (Å²) >= 11 is 3.37. The smallest absolute Gasteiger partial charge is 0.141 e. The minimum atomic E-state index is 0.00538. The van der Waals surface area contributed by atoms with Crippen LogP contribution in [0.2, 0.25) is 0 Å². The third-order valence-corrected chi connectivity index (χ3v) is 3.06. The van der Waals surface area contributed by atoms with Gasteiger partial charge < -0.3 is 10.5 Å². The number of aryl methyl sites for hydroxylation is 1. The second-order valence-corrected chi connectivity index (χ2v) is 4.84. The van der Waals surface area contributed by atoms with E-state index in [4.69, 9.17) is 15.9 Å². The Balaban J connectivity index is 2.39. The highest BCUT2D eigenvalue weighted by Crippen LogP contribution is 2.29. The van der Waals surface area contributed by atoms with Gasteiger partial charge in [-0.1, -0.05) is 28.1 Å². The van der Waals surface area contributed by atoms with Gasteiger partial charge in [0.1, 0.15) is 17.3 Å². The van der Waals surface area contributed by atoms with Crippen LogP contribution in [0.15, 0.2) is 46.9 Å². The molecule has 0 aliphatic rings. The molecule has 3 nitrogen and oxygen atoms in total. The van der Waals surface area contributed by atoms with Crippen molar-refractivity contribution in [2.24, 2.45) is 5.73 Å². The molecule has 4 heteroatoms. The van der Waals surface area contributed by atoms with Crippen LogP contribution in [0, 0.1) is 12.3 Å². The molecule has 0 amide bonds. The van der Waals surface area contributed by atoms with Crippen molar-refractivity contribution in [3.63, 3.8) is 0 Å². The van der Waals surface area contributed by atoms with E-state index >= 15 is 0 Å². The summed E-state index contributed by atoms with van der Waals surface area (Å²) in [5.74, 6) is 1.35. The molecule has 0 saturated carbocycles. The highest BCUT2D eigenvalue weighted by molar-refractivity contribution is 9.10. The van der Waals surface area contributed by atoms with E-state index in [1.165, 1.54) is 0 Å². The fourth-order valence-corrected chi connectivity index (χ4v) is 1.88. The second kappa shape index (κ2) is 5.23. The summed E-state index contributed by atoms with van der Waals surface area (Å²) < 4.78 is 6.81. The maximum Gasteiger partial charge on any atom is 0.141 e. The Labute approximate surface area is 114 Å². The zero-order chi connectivity index (χ0) is 13.1. The van der Waals surface area contributed by atoms with E-state index < -0.39 is 0 Å². The summed E-state index contributed by atoms with van der Waals surface area (Å²) in [5.41, 5.74) is 7.12. The van der Waals surface area contributed by atoms with E-state index in [-0.39, 0.29) is 5.84 Å². The first-order chi connectivity index (χ1) is 8.58. The van der Waals surface area contributed by atoms with Crippen LogP contribution in [0.25, 0.3) is 0 Å². The number of nitrogens with one attached hydrogen (secondary N) is 1. The number of rotatable bonds is 3. The Kier molecular flexibility index (Phi) is 3.67. The predicted octanol–water partition coefficient (Wildman–Crippen LogP) is 3.83. The Morgan fingerprint density at radius 1 is 1.17 bits per heavy atom. The lowest BCUT2D eigenvalue weighted by Crippen LogP contribution is -2.12. The molecule has 0 spiro atoms. The zero-order valence-electron chi connectivity index (χ0n) is 9.91. The molecular weight excluding hydrogens is 292 g/mol. The molecular formula is C14H13BrN2O. The average molecular weight is 305 g/mol. The second-order valence-electron chi connectivity index (χ2n) is 3.92. The molecule has 0 saturated heterocycles. The molecule has 0 aromatic heterocycles.